The van der Waals surface area contributed by atoms with Gasteiger partial charge in [-0.3, -0.25) is 9.69 Å². The highest BCUT2D eigenvalue weighted by Crippen LogP contribution is 2.14. The van der Waals surface area contributed by atoms with Crippen LogP contribution in [0.1, 0.15) is 26.2 Å². The van der Waals surface area contributed by atoms with Gasteiger partial charge < -0.3 is 5.32 Å². The van der Waals surface area contributed by atoms with Crippen LogP contribution in [0.25, 0.3) is 0 Å². The van der Waals surface area contributed by atoms with Gasteiger partial charge in [-0.1, -0.05) is 12.5 Å². The van der Waals surface area contributed by atoms with Crippen LogP contribution in [-0.2, 0) is 4.79 Å². The zero-order valence-electron chi connectivity index (χ0n) is 10.7. The number of carbonyl (C=O) groups is 1. The second-order valence-electron chi connectivity index (χ2n) is 4.77. The van der Waals surface area contributed by atoms with E-state index in [2.05, 4.69) is 10.2 Å². The summed E-state index contributed by atoms with van der Waals surface area (Å²) in [5, 5.41) is 2.76. The van der Waals surface area contributed by atoms with Gasteiger partial charge in [0.15, 0.2) is 0 Å². The van der Waals surface area contributed by atoms with Crippen LogP contribution in [0.3, 0.4) is 0 Å². The fourth-order valence-corrected chi connectivity index (χ4v) is 2.28. The number of likely N-dealkylation sites (tertiary alicyclic amines) is 1. The average molecular weight is 250 g/mol. The van der Waals surface area contributed by atoms with Crippen molar-refractivity contribution in [2.45, 2.75) is 32.2 Å². The molecule has 0 saturated carbocycles. The smallest absolute Gasteiger partial charge is 0.241 e. The number of anilines is 1. The van der Waals surface area contributed by atoms with Crippen molar-refractivity contribution in [2.75, 3.05) is 18.4 Å². The van der Waals surface area contributed by atoms with Crippen molar-refractivity contribution < 1.29 is 9.18 Å². The van der Waals surface area contributed by atoms with Crippen LogP contribution in [0.15, 0.2) is 24.3 Å². The second-order valence-corrected chi connectivity index (χ2v) is 4.77. The van der Waals surface area contributed by atoms with Gasteiger partial charge in [-0.05, 0) is 51.1 Å². The molecule has 0 radical (unpaired) electrons. The third-order valence-electron chi connectivity index (χ3n) is 3.41. The van der Waals surface area contributed by atoms with E-state index in [0.29, 0.717) is 5.69 Å². The fourth-order valence-electron chi connectivity index (χ4n) is 2.28. The molecule has 1 aromatic rings. The lowest BCUT2D eigenvalue weighted by Gasteiger charge is -2.31. The number of hydrogen-bond acceptors (Lipinski definition) is 2. The molecule has 1 heterocycles. The first-order chi connectivity index (χ1) is 8.66. The van der Waals surface area contributed by atoms with Crippen LogP contribution in [0.4, 0.5) is 10.1 Å². The Labute approximate surface area is 107 Å². The van der Waals surface area contributed by atoms with Gasteiger partial charge in [-0.15, -0.1) is 0 Å². The number of halogens is 1. The van der Waals surface area contributed by atoms with Crippen molar-refractivity contribution in [3.05, 3.63) is 30.1 Å². The summed E-state index contributed by atoms with van der Waals surface area (Å²) < 4.78 is 13.0. The SMILES string of the molecule is CC(C(=O)Nc1cccc(F)c1)N1CCCCC1. The summed E-state index contributed by atoms with van der Waals surface area (Å²) in [5.74, 6) is -0.402. The molecule has 1 fully saturated rings. The van der Waals surface area contributed by atoms with E-state index in [-0.39, 0.29) is 17.8 Å². The Morgan fingerprint density at radius 1 is 1.33 bits per heavy atom. The molecule has 1 atom stereocenters. The first-order valence-electron chi connectivity index (χ1n) is 6.47. The fraction of sp³-hybridized carbons (Fsp3) is 0.500. The highest BCUT2D eigenvalue weighted by molar-refractivity contribution is 5.94. The maximum atomic E-state index is 13.0. The predicted molar refractivity (Wildman–Crippen MR) is 69.9 cm³/mol. The minimum atomic E-state index is -0.335. The van der Waals surface area contributed by atoms with Crippen molar-refractivity contribution in [1.29, 1.82) is 0 Å². The van der Waals surface area contributed by atoms with E-state index in [4.69, 9.17) is 0 Å². The van der Waals surface area contributed by atoms with Crippen LogP contribution < -0.4 is 5.32 Å². The first-order valence-corrected chi connectivity index (χ1v) is 6.47. The van der Waals surface area contributed by atoms with E-state index in [0.717, 1.165) is 25.9 Å². The molecule has 0 aliphatic carbocycles. The van der Waals surface area contributed by atoms with Gasteiger partial charge >= 0.3 is 0 Å². The van der Waals surface area contributed by atoms with Gasteiger partial charge in [0.2, 0.25) is 5.91 Å². The van der Waals surface area contributed by atoms with E-state index in [1.54, 1.807) is 12.1 Å². The third kappa shape index (κ3) is 3.29. The van der Waals surface area contributed by atoms with Gasteiger partial charge in [-0.25, -0.2) is 4.39 Å². The Morgan fingerprint density at radius 3 is 2.72 bits per heavy atom. The summed E-state index contributed by atoms with van der Waals surface area (Å²) in [6.07, 6.45) is 3.55. The lowest BCUT2D eigenvalue weighted by molar-refractivity contribution is -0.121. The van der Waals surface area contributed by atoms with E-state index < -0.39 is 0 Å². The molecule has 1 amide bonds. The molecule has 1 saturated heterocycles. The molecule has 0 spiro atoms. The molecule has 4 heteroatoms. The van der Waals surface area contributed by atoms with E-state index in [9.17, 15) is 9.18 Å². The Kier molecular flexibility index (Phi) is 4.31. The van der Waals surface area contributed by atoms with Crippen LogP contribution in [-0.4, -0.2) is 29.9 Å². The van der Waals surface area contributed by atoms with E-state index in [1.165, 1.54) is 18.6 Å². The number of amides is 1. The van der Waals surface area contributed by atoms with E-state index >= 15 is 0 Å². The minimum Gasteiger partial charge on any atom is -0.325 e. The molecule has 0 aromatic heterocycles. The highest BCUT2D eigenvalue weighted by Gasteiger charge is 2.22. The van der Waals surface area contributed by atoms with Crippen LogP contribution >= 0.6 is 0 Å². The lowest BCUT2D eigenvalue weighted by atomic mass is 10.1. The summed E-state index contributed by atoms with van der Waals surface area (Å²) in [7, 11) is 0. The van der Waals surface area contributed by atoms with Gasteiger partial charge in [0, 0.05) is 5.69 Å². The monoisotopic (exact) mass is 250 g/mol. The molecule has 0 bridgehead atoms. The third-order valence-corrected chi connectivity index (χ3v) is 3.41. The summed E-state index contributed by atoms with van der Waals surface area (Å²) in [6, 6.07) is 5.83. The molecule has 1 N–H and O–H groups in total. The zero-order chi connectivity index (χ0) is 13.0. The van der Waals surface area contributed by atoms with E-state index in [1.807, 2.05) is 6.92 Å². The normalized spacial score (nSPS) is 18.3. The summed E-state index contributed by atoms with van der Waals surface area (Å²) >= 11 is 0. The number of benzene rings is 1. The predicted octanol–water partition coefficient (Wildman–Crippen LogP) is 2.64. The number of rotatable bonds is 3. The largest absolute Gasteiger partial charge is 0.325 e. The topological polar surface area (TPSA) is 32.3 Å². The zero-order valence-corrected chi connectivity index (χ0v) is 10.7. The van der Waals surface area contributed by atoms with Crippen molar-refractivity contribution in [3.63, 3.8) is 0 Å². The Balaban J connectivity index is 1.94. The van der Waals surface area contributed by atoms with Gasteiger partial charge in [0.25, 0.3) is 0 Å². The first kappa shape index (κ1) is 13.0. The lowest BCUT2D eigenvalue weighted by Crippen LogP contribution is -2.44. The molecule has 1 aliphatic rings. The quantitative estimate of drug-likeness (QED) is 0.894. The molecule has 3 nitrogen and oxygen atoms in total. The molecular weight excluding hydrogens is 231 g/mol. The van der Waals surface area contributed by atoms with Gasteiger partial charge in [0.05, 0.1) is 6.04 Å². The van der Waals surface area contributed by atoms with Crippen LogP contribution in [0.5, 0.6) is 0 Å². The second kappa shape index (κ2) is 5.96. The van der Waals surface area contributed by atoms with Crippen molar-refractivity contribution in [3.8, 4) is 0 Å². The molecule has 98 valence electrons. The van der Waals surface area contributed by atoms with Crippen molar-refractivity contribution >= 4 is 11.6 Å². The number of nitrogens with zero attached hydrogens (tertiary/aromatic N) is 1. The molecular formula is C14H19FN2O. The Hall–Kier alpha value is -1.42. The number of piperidine rings is 1. The Morgan fingerprint density at radius 2 is 2.06 bits per heavy atom. The van der Waals surface area contributed by atoms with Crippen LogP contribution in [0.2, 0.25) is 0 Å². The summed E-state index contributed by atoms with van der Waals surface area (Å²) in [6.45, 7) is 3.84. The average Bonchev–Trinajstić information content (AvgIpc) is 2.39. The van der Waals surface area contributed by atoms with Gasteiger partial charge in [-0.2, -0.15) is 0 Å². The molecule has 1 aromatic carbocycles. The maximum absolute atomic E-state index is 13.0. The Bertz CT molecular complexity index is 416. The standard InChI is InChI=1S/C14H19FN2O/c1-11(17-8-3-2-4-9-17)14(18)16-13-7-5-6-12(15)10-13/h5-7,10-11H,2-4,8-9H2,1H3,(H,16,18). The van der Waals surface area contributed by atoms with Crippen LogP contribution in [0, 0.1) is 5.82 Å². The molecule has 18 heavy (non-hydrogen) atoms. The number of hydrogen-bond donors (Lipinski definition) is 1. The molecule has 1 unspecified atom stereocenters. The molecule has 2 rings (SSSR count). The number of nitrogens with one attached hydrogen (secondary N) is 1. The van der Waals surface area contributed by atoms with Crippen molar-refractivity contribution in [2.24, 2.45) is 0 Å². The number of carbonyl (C=O) groups excluding carboxylic acids is 1. The maximum Gasteiger partial charge on any atom is 0.241 e. The summed E-state index contributed by atoms with van der Waals surface area (Å²) in [4.78, 5) is 14.2. The molecule has 1 aliphatic heterocycles. The minimum absolute atomic E-state index is 0.0671. The summed E-state index contributed by atoms with van der Waals surface area (Å²) in [5.41, 5.74) is 0.517. The highest BCUT2D eigenvalue weighted by atomic mass is 19.1. The van der Waals surface area contributed by atoms with Gasteiger partial charge in [0.1, 0.15) is 5.82 Å². The van der Waals surface area contributed by atoms with Crippen molar-refractivity contribution in [1.82, 2.24) is 4.90 Å².